The van der Waals surface area contributed by atoms with Gasteiger partial charge in [-0.05, 0) is 24.8 Å². The zero-order valence-corrected chi connectivity index (χ0v) is 14.4. The van der Waals surface area contributed by atoms with Gasteiger partial charge in [-0.25, -0.2) is 0 Å². The molecule has 2 rings (SSSR count). The predicted octanol–water partition coefficient (Wildman–Crippen LogP) is 2.58. The van der Waals surface area contributed by atoms with Crippen LogP contribution in [0.5, 0.6) is 0 Å². The number of piperazine rings is 1. The Kier molecular flexibility index (Phi) is 5.82. The molecule has 0 bridgehead atoms. The first-order valence-electron chi connectivity index (χ1n) is 8.58. The second-order valence-corrected chi connectivity index (χ2v) is 6.50. The summed E-state index contributed by atoms with van der Waals surface area (Å²) in [4.78, 5) is 2.66. The van der Waals surface area contributed by atoms with Gasteiger partial charge in [0.05, 0.1) is 11.4 Å². The number of aromatic nitrogens is 2. The van der Waals surface area contributed by atoms with Crippen LogP contribution >= 0.6 is 0 Å². The van der Waals surface area contributed by atoms with E-state index in [0.29, 0.717) is 12.1 Å². The first-order valence-corrected chi connectivity index (χ1v) is 8.58. The summed E-state index contributed by atoms with van der Waals surface area (Å²) in [5, 5.41) is 8.34. The standard InChI is InChI=1S/C17H32N4/c1-6-13(4)17-12-21(15(8-3)10-18-17)11-16-9-14(7-2)19-20(16)5/h9,13,15,17-18H,6-8,10-12H2,1-5H3. The van der Waals surface area contributed by atoms with Crippen LogP contribution in [0.4, 0.5) is 0 Å². The average molecular weight is 292 g/mol. The van der Waals surface area contributed by atoms with Crippen molar-refractivity contribution in [3.05, 3.63) is 17.5 Å². The Hall–Kier alpha value is -0.870. The number of nitrogens with one attached hydrogen (secondary N) is 1. The van der Waals surface area contributed by atoms with Crippen molar-refractivity contribution in [2.75, 3.05) is 13.1 Å². The quantitative estimate of drug-likeness (QED) is 0.875. The van der Waals surface area contributed by atoms with Crippen LogP contribution in [-0.2, 0) is 20.0 Å². The van der Waals surface area contributed by atoms with Crippen molar-refractivity contribution in [3.8, 4) is 0 Å². The highest BCUT2D eigenvalue weighted by Crippen LogP contribution is 2.20. The molecule has 0 radical (unpaired) electrons. The molecule has 3 unspecified atom stereocenters. The second kappa shape index (κ2) is 7.41. The molecule has 120 valence electrons. The van der Waals surface area contributed by atoms with Gasteiger partial charge in [-0.15, -0.1) is 0 Å². The van der Waals surface area contributed by atoms with Gasteiger partial charge in [0.1, 0.15) is 0 Å². The van der Waals surface area contributed by atoms with E-state index in [4.69, 9.17) is 0 Å². The first kappa shape index (κ1) is 16.5. The molecule has 4 heteroatoms. The topological polar surface area (TPSA) is 33.1 Å². The summed E-state index contributed by atoms with van der Waals surface area (Å²) in [7, 11) is 2.07. The number of nitrogens with zero attached hydrogens (tertiary/aromatic N) is 3. The monoisotopic (exact) mass is 292 g/mol. The van der Waals surface area contributed by atoms with E-state index < -0.39 is 0 Å². The van der Waals surface area contributed by atoms with Crippen LogP contribution < -0.4 is 5.32 Å². The van der Waals surface area contributed by atoms with Crippen molar-refractivity contribution >= 4 is 0 Å². The van der Waals surface area contributed by atoms with Crippen LogP contribution in [0.25, 0.3) is 0 Å². The van der Waals surface area contributed by atoms with Crippen LogP contribution in [0.15, 0.2) is 6.07 Å². The maximum atomic E-state index is 4.59. The van der Waals surface area contributed by atoms with Gasteiger partial charge in [0.25, 0.3) is 0 Å². The average Bonchev–Trinajstić information content (AvgIpc) is 2.86. The number of rotatable bonds is 6. The summed E-state index contributed by atoms with van der Waals surface area (Å²) in [6.45, 7) is 12.4. The van der Waals surface area contributed by atoms with E-state index in [0.717, 1.165) is 32.0 Å². The third kappa shape index (κ3) is 3.86. The molecule has 1 saturated heterocycles. The Labute approximate surface area is 129 Å². The number of hydrogen-bond acceptors (Lipinski definition) is 3. The fourth-order valence-corrected chi connectivity index (χ4v) is 3.24. The van der Waals surface area contributed by atoms with Crippen molar-refractivity contribution < 1.29 is 0 Å². The first-order chi connectivity index (χ1) is 10.1. The van der Waals surface area contributed by atoms with Crippen molar-refractivity contribution in [3.63, 3.8) is 0 Å². The summed E-state index contributed by atoms with van der Waals surface area (Å²) in [6.07, 6.45) is 3.47. The Balaban J connectivity index is 2.08. The Morgan fingerprint density at radius 1 is 1.38 bits per heavy atom. The molecule has 0 spiro atoms. The lowest BCUT2D eigenvalue weighted by Gasteiger charge is -2.42. The fraction of sp³-hybridized carbons (Fsp3) is 0.824. The van der Waals surface area contributed by atoms with Crippen LogP contribution in [0.2, 0.25) is 0 Å². The lowest BCUT2D eigenvalue weighted by atomic mass is 9.94. The van der Waals surface area contributed by atoms with Gasteiger partial charge >= 0.3 is 0 Å². The van der Waals surface area contributed by atoms with E-state index in [9.17, 15) is 0 Å². The minimum Gasteiger partial charge on any atom is -0.311 e. The van der Waals surface area contributed by atoms with E-state index in [1.165, 1.54) is 24.2 Å². The molecule has 21 heavy (non-hydrogen) atoms. The van der Waals surface area contributed by atoms with Gasteiger partial charge in [-0.1, -0.05) is 34.1 Å². The summed E-state index contributed by atoms with van der Waals surface area (Å²) >= 11 is 0. The molecule has 1 aromatic heterocycles. The van der Waals surface area contributed by atoms with E-state index in [-0.39, 0.29) is 0 Å². The second-order valence-electron chi connectivity index (χ2n) is 6.50. The predicted molar refractivity (Wildman–Crippen MR) is 88.3 cm³/mol. The van der Waals surface area contributed by atoms with Gasteiger partial charge in [0.2, 0.25) is 0 Å². The van der Waals surface area contributed by atoms with Crippen LogP contribution in [0, 0.1) is 5.92 Å². The molecule has 1 N–H and O–H groups in total. The third-order valence-electron chi connectivity index (χ3n) is 5.12. The molecular formula is C17H32N4. The van der Waals surface area contributed by atoms with Crippen LogP contribution in [0.3, 0.4) is 0 Å². The van der Waals surface area contributed by atoms with Gasteiger partial charge in [-0.2, -0.15) is 5.10 Å². The van der Waals surface area contributed by atoms with Crippen LogP contribution in [0.1, 0.15) is 51.9 Å². The van der Waals surface area contributed by atoms with Crippen molar-refractivity contribution in [1.82, 2.24) is 20.0 Å². The van der Waals surface area contributed by atoms with E-state index in [1.807, 2.05) is 0 Å². The van der Waals surface area contributed by atoms with Gasteiger partial charge in [0, 0.05) is 38.8 Å². The van der Waals surface area contributed by atoms with Gasteiger partial charge in [0.15, 0.2) is 0 Å². The molecule has 0 aliphatic carbocycles. The lowest BCUT2D eigenvalue weighted by Crippen LogP contribution is -2.57. The third-order valence-corrected chi connectivity index (χ3v) is 5.12. The highest BCUT2D eigenvalue weighted by Gasteiger charge is 2.29. The normalized spacial score (nSPS) is 25.2. The molecular weight excluding hydrogens is 260 g/mol. The molecule has 0 saturated carbocycles. The Morgan fingerprint density at radius 3 is 2.71 bits per heavy atom. The molecule has 0 aromatic carbocycles. The van der Waals surface area contributed by atoms with Gasteiger partial charge in [-0.3, -0.25) is 9.58 Å². The van der Waals surface area contributed by atoms with Crippen molar-refractivity contribution in [2.45, 2.75) is 65.6 Å². The highest BCUT2D eigenvalue weighted by molar-refractivity contribution is 5.10. The number of aryl methyl sites for hydroxylation is 2. The zero-order chi connectivity index (χ0) is 15.4. The molecule has 3 atom stereocenters. The van der Waals surface area contributed by atoms with E-state index in [2.05, 4.69) is 60.8 Å². The van der Waals surface area contributed by atoms with Crippen LogP contribution in [-0.4, -0.2) is 39.9 Å². The molecule has 1 fully saturated rings. The summed E-state index contributed by atoms with van der Waals surface area (Å²) in [6, 6.07) is 3.54. The molecule has 4 nitrogen and oxygen atoms in total. The molecule has 1 aromatic rings. The Bertz CT molecular complexity index is 440. The number of hydrogen-bond donors (Lipinski definition) is 1. The SMILES string of the molecule is CCc1cc(CN2CC(C(C)CC)NCC2CC)n(C)n1. The molecule has 2 heterocycles. The fourth-order valence-electron chi connectivity index (χ4n) is 3.24. The van der Waals surface area contributed by atoms with E-state index >= 15 is 0 Å². The smallest absolute Gasteiger partial charge is 0.0625 e. The maximum Gasteiger partial charge on any atom is 0.0625 e. The molecule has 0 amide bonds. The van der Waals surface area contributed by atoms with Crippen molar-refractivity contribution in [1.29, 1.82) is 0 Å². The molecule has 1 aliphatic heterocycles. The van der Waals surface area contributed by atoms with Crippen molar-refractivity contribution in [2.24, 2.45) is 13.0 Å². The lowest BCUT2D eigenvalue weighted by molar-refractivity contribution is 0.0969. The maximum absolute atomic E-state index is 4.59. The zero-order valence-electron chi connectivity index (χ0n) is 14.4. The largest absolute Gasteiger partial charge is 0.311 e. The van der Waals surface area contributed by atoms with E-state index in [1.54, 1.807) is 0 Å². The van der Waals surface area contributed by atoms with Gasteiger partial charge < -0.3 is 5.32 Å². The Morgan fingerprint density at radius 2 is 2.14 bits per heavy atom. The molecule has 1 aliphatic rings. The summed E-state index contributed by atoms with van der Waals surface area (Å²) in [5.74, 6) is 0.739. The minimum atomic E-state index is 0.622. The summed E-state index contributed by atoms with van der Waals surface area (Å²) in [5.41, 5.74) is 2.55. The minimum absolute atomic E-state index is 0.622. The highest BCUT2D eigenvalue weighted by atomic mass is 15.3. The summed E-state index contributed by atoms with van der Waals surface area (Å²) < 4.78 is 2.06.